The van der Waals surface area contributed by atoms with E-state index in [0.717, 1.165) is 0 Å². The highest BCUT2D eigenvalue weighted by Gasteiger charge is 2.23. The lowest BCUT2D eigenvalue weighted by Crippen LogP contribution is -2.19. The number of nitrogens with one attached hydrogen (secondary N) is 1. The van der Waals surface area contributed by atoms with Crippen molar-refractivity contribution in [3.8, 4) is 0 Å². The number of hydrogen-bond donors (Lipinski definition) is 1. The Morgan fingerprint density at radius 1 is 1.30 bits per heavy atom. The van der Waals surface area contributed by atoms with Gasteiger partial charge >= 0.3 is 0 Å². The van der Waals surface area contributed by atoms with Gasteiger partial charge < -0.3 is 9.73 Å². The highest BCUT2D eigenvalue weighted by atomic mass is 32.2. The van der Waals surface area contributed by atoms with Crippen molar-refractivity contribution < 1.29 is 14.1 Å². The van der Waals surface area contributed by atoms with Gasteiger partial charge in [0.05, 0.1) is 22.6 Å². The van der Waals surface area contributed by atoms with Gasteiger partial charge in [0.2, 0.25) is 0 Å². The minimum absolute atomic E-state index is 0.0105. The first kappa shape index (κ1) is 15.0. The standard InChI is InChI=1S/C15H11N3O4S/c19-14-13(8-10-3-5-11(6-4-10)18(20)21)23-15(17-14)16-9-12-2-1-7-22-12/h1-8H,9H2,(H,16,17,19)/b13-8-. The first-order valence-corrected chi connectivity index (χ1v) is 7.45. The Labute approximate surface area is 135 Å². The number of carbonyl (C=O) groups excluding carboxylic acids is 1. The summed E-state index contributed by atoms with van der Waals surface area (Å²) in [4.78, 5) is 26.8. The van der Waals surface area contributed by atoms with Crippen LogP contribution in [0.1, 0.15) is 11.3 Å². The number of hydrogen-bond acceptors (Lipinski definition) is 6. The van der Waals surface area contributed by atoms with Crippen LogP contribution in [-0.2, 0) is 11.3 Å². The van der Waals surface area contributed by atoms with Gasteiger partial charge in [-0.15, -0.1) is 0 Å². The summed E-state index contributed by atoms with van der Waals surface area (Å²) in [6, 6.07) is 9.56. The molecular formula is C15H11N3O4S. The molecule has 3 rings (SSSR count). The van der Waals surface area contributed by atoms with Crippen LogP contribution in [0, 0.1) is 10.1 Å². The van der Waals surface area contributed by atoms with Gasteiger partial charge in [0.1, 0.15) is 5.76 Å². The molecule has 0 atom stereocenters. The van der Waals surface area contributed by atoms with Crippen molar-refractivity contribution in [3.63, 3.8) is 0 Å². The number of nitrogens with zero attached hydrogens (tertiary/aromatic N) is 2. The summed E-state index contributed by atoms with van der Waals surface area (Å²) in [5, 5.41) is 13.8. The number of carbonyl (C=O) groups is 1. The Morgan fingerprint density at radius 3 is 2.74 bits per heavy atom. The zero-order valence-electron chi connectivity index (χ0n) is 11.8. The fourth-order valence-corrected chi connectivity index (χ4v) is 2.72. The number of benzene rings is 1. The summed E-state index contributed by atoms with van der Waals surface area (Å²) in [7, 11) is 0. The fourth-order valence-electron chi connectivity index (χ4n) is 1.90. The van der Waals surface area contributed by atoms with E-state index >= 15 is 0 Å². The molecule has 0 spiro atoms. The SMILES string of the molecule is O=C1NC(=NCc2ccco2)S/C1=C\c1ccc([N+](=O)[O-])cc1. The lowest BCUT2D eigenvalue weighted by Gasteiger charge is -1.95. The Hall–Kier alpha value is -2.87. The maximum Gasteiger partial charge on any atom is 0.269 e. The maximum atomic E-state index is 11.9. The number of furan rings is 1. The van der Waals surface area contributed by atoms with Crippen LogP contribution in [0.25, 0.3) is 6.08 Å². The van der Waals surface area contributed by atoms with Crippen molar-refractivity contribution in [2.24, 2.45) is 4.99 Å². The second kappa shape index (κ2) is 6.49. The van der Waals surface area contributed by atoms with E-state index in [2.05, 4.69) is 10.3 Å². The first-order chi connectivity index (χ1) is 11.1. The maximum absolute atomic E-state index is 11.9. The van der Waals surface area contributed by atoms with Crippen molar-refractivity contribution in [2.45, 2.75) is 6.54 Å². The predicted molar refractivity (Wildman–Crippen MR) is 86.7 cm³/mol. The molecule has 7 nitrogen and oxygen atoms in total. The topological polar surface area (TPSA) is 97.7 Å². The first-order valence-electron chi connectivity index (χ1n) is 6.64. The molecule has 1 aromatic heterocycles. The zero-order valence-corrected chi connectivity index (χ0v) is 12.6. The van der Waals surface area contributed by atoms with Crippen molar-refractivity contribution >= 4 is 34.6 Å². The number of nitro benzene ring substituents is 1. The van der Waals surface area contributed by atoms with Crippen LogP contribution in [0.4, 0.5) is 5.69 Å². The Bertz CT molecular complexity index is 795. The number of non-ortho nitro benzene ring substituents is 1. The third-order valence-electron chi connectivity index (χ3n) is 3.01. The van der Waals surface area contributed by atoms with E-state index in [1.54, 1.807) is 36.6 Å². The normalized spacial score (nSPS) is 17.7. The molecule has 1 amide bonds. The molecule has 0 unspecified atom stereocenters. The molecule has 116 valence electrons. The van der Waals surface area contributed by atoms with Crippen LogP contribution < -0.4 is 5.32 Å². The number of amidine groups is 1. The summed E-state index contributed by atoms with van der Waals surface area (Å²) < 4.78 is 5.17. The third-order valence-corrected chi connectivity index (χ3v) is 3.96. The molecule has 2 aromatic rings. The van der Waals surface area contributed by atoms with Gasteiger partial charge in [-0.3, -0.25) is 19.9 Å². The molecule has 1 saturated heterocycles. The van der Waals surface area contributed by atoms with E-state index in [-0.39, 0.29) is 11.6 Å². The molecule has 0 bridgehead atoms. The van der Waals surface area contributed by atoms with Crippen LogP contribution in [-0.4, -0.2) is 16.0 Å². The van der Waals surface area contributed by atoms with Gasteiger partial charge in [-0.2, -0.15) is 0 Å². The predicted octanol–water partition coefficient (Wildman–Crippen LogP) is 2.95. The molecule has 2 heterocycles. The molecule has 1 aromatic carbocycles. The van der Waals surface area contributed by atoms with Gasteiger partial charge in [0.25, 0.3) is 11.6 Å². The van der Waals surface area contributed by atoms with Crippen molar-refractivity contribution in [2.75, 3.05) is 0 Å². The van der Waals surface area contributed by atoms with Crippen LogP contribution in [0.5, 0.6) is 0 Å². The summed E-state index contributed by atoms with van der Waals surface area (Å²) in [5.41, 5.74) is 0.719. The lowest BCUT2D eigenvalue weighted by atomic mass is 10.2. The third kappa shape index (κ3) is 3.67. The molecule has 1 aliphatic rings. The summed E-state index contributed by atoms with van der Waals surface area (Å²) in [5.74, 6) is 0.465. The monoisotopic (exact) mass is 329 g/mol. The van der Waals surface area contributed by atoms with E-state index in [4.69, 9.17) is 4.42 Å². The lowest BCUT2D eigenvalue weighted by molar-refractivity contribution is -0.384. The van der Waals surface area contributed by atoms with E-state index < -0.39 is 4.92 Å². The average molecular weight is 329 g/mol. The molecule has 0 aliphatic carbocycles. The van der Waals surface area contributed by atoms with Crippen LogP contribution >= 0.6 is 11.8 Å². The van der Waals surface area contributed by atoms with Crippen LogP contribution in [0.2, 0.25) is 0 Å². The minimum Gasteiger partial charge on any atom is -0.467 e. The van der Waals surface area contributed by atoms with E-state index in [9.17, 15) is 14.9 Å². The van der Waals surface area contributed by atoms with E-state index in [0.29, 0.717) is 27.9 Å². The van der Waals surface area contributed by atoms with Gasteiger partial charge in [-0.25, -0.2) is 0 Å². The molecule has 23 heavy (non-hydrogen) atoms. The Morgan fingerprint density at radius 2 is 2.09 bits per heavy atom. The largest absolute Gasteiger partial charge is 0.467 e. The highest BCUT2D eigenvalue weighted by Crippen LogP contribution is 2.26. The summed E-state index contributed by atoms with van der Waals surface area (Å²) >= 11 is 1.22. The molecule has 1 aliphatic heterocycles. The molecule has 8 heteroatoms. The molecule has 0 saturated carbocycles. The summed E-state index contributed by atoms with van der Waals surface area (Å²) in [6.07, 6.45) is 3.23. The van der Waals surface area contributed by atoms with Gasteiger partial charge in [-0.1, -0.05) is 0 Å². The summed E-state index contributed by atoms with van der Waals surface area (Å²) in [6.45, 7) is 0.348. The zero-order chi connectivity index (χ0) is 16.2. The number of nitro groups is 1. The average Bonchev–Trinajstić information content (AvgIpc) is 3.16. The van der Waals surface area contributed by atoms with E-state index in [1.165, 1.54) is 23.9 Å². The second-order valence-corrected chi connectivity index (χ2v) is 5.64. The highest BCUT2D eigenvalue weighted by molar-refractivity contribution is 8.18. The van der Waals surface area contributed by atoms with Gasteiger partial charge in [-0.05, 0) is 47.7 Å². The minimum atomic E-state index is -0.465. The molecule has 0 radical (unpaired) electrons. The number of aliphatic imine (C=N–C) groups is 1. The van der Waals surface area contributed by atoms with Crippen LogP contribution in [0.3, 0.4) is 0 Å². The number of amides is 1. The smallest absolute Gasteiger partial charge is 0.269 e. The second-order valence-electron chi connectivity index (χ2n) is 4.61. The van der Waals surface area contributed by atoms with Crippen LogP contribution in [0.15, 0.2) is 57.0 Å². The Kier molecular flexibility index (Phi) is 4.24. The quantitative estimate of drug-likeness (QED) is 0.528. The van der Waals surface area contributed by atoms with Gasteiger partial charge in [0, 0.05) is 12.1 Å². The van der Waals surface area contributed by atoms with Crippen molar-refractivity contribution in [1.82, 2.24) is 5.32 Å². The molecule has 1 N–H and O–H groups in total. The number of rotatable bonds is 4. The number of thioether (sulfide) groups is 1. The Balaban J connectivity index is 1.71. The molecular weight excluding hydrogens is 318 g/mol. The fraction of sp³-hybridized carbons (Fsp3) is 0.0667. The van der Waals surface area contributed by atoms with Crippen molar-refractivity contribution in [3.05, 3.63) is 69.0 Å². The van der Waals surface area contributed by atoms with Gasteiger partial charge in [0.15, 0.2) is 5.17 Å². The molecule has 1 fully saturated rings. The van der Waals surface area contributed by atoms with Crippen molar-refractivity contribution in [1.29, 1.82) is 0 Å². The van der Waals surface area contributed by atoms with E-state index in [1.807, 2.05) is 0 Å².